The lowest BCUT2D eigenvalue weighted by atomic mass is 10.1. The van der Waals surface area contributed by atoms with Crippen LogP contribution in [0.2, 0.25) is 0 Å². The molecule has 0 aliphatic rings. The van der Waals surface area contributed by atoms with Crippen LogP contribution in [0.15, 0.2) is 36.9 Å². The van der Waals surface area contributed by atoms with E-state index in [0.717, 1.165) is 17.1 Å². The van der Waals surface area contributed by atoms with Crippen molar-refractivity contribution in [3.63, 3.8) is 0 Å². The monoisotopic (exact) mass is 308 g/mol. The summed E-state index contributed by atoms with van der Waals surface area (Å²) in [6.45, 7) is 4.68. The van der Waals surface area contributed by atoms with Gasteiger partial charge in [-0.2, -0.15) is 11.8 Å². The molecule has 0 unspecified atom stereocenters. The van der Waals surface area contributed by atoms with E-state index in [1.54, 1.807) is 35.8 Å². The fourth-order valence-corrected chi connectivity index (χ4v) is 2.21. The van der Waals surface area contributed by atoms with E-state index in [2.05, 4.69) is 11.9 Å². The fraction of sp³-hybridized carbons (Fsp3) is 0.333. The second-order valence-corrected chi connectivity index (χ2v) is 5.60. The molecular formula is C15H20N2O3S. The Balaban J connectivity index is 2.37. The zero-order chi connectivity index (χ0) is 15.7. The van der Waals surface area contributed by atoms with E-state index < -0.39 is 5.97 Å². The molecule has 0 aliphatic carbocycles. The topological polar surface area (TPSA) is 69.6 Å². The van der Waals surface area contributed by atoms with Crippen LogP contribution < -0.4 is 5.32 Å². The smallest absolute Gasteiger partial charge is 0.335 e. The van der Waals surface area contributed by atoms with Crippen molar-refractivity contribution in [1.29, 1.82) is 0 Å². The lowest BCUT2D eigenvalue weighted by Crippen LogP contribution is -2.37. The van der Waals surface area contributed by atoms with Crippen LogP contribution >= 0.6 is 11.8 Å². The summed E-state index contributed by atoms with van der Waals surface area (Å²) in [5.41, 5.74) is 1.13. The number of hydrogen-bond acceptors (Lipinski definition) is 3. The number of hydrogen-bond donors (Lipinski definition) is 2. The molecule has 21 heavy (non-hydrogen) atoms. The van der Waals surface area contributed by atoms with Crippen LogP contribution in [0, 0.1) is 0 Å². The summed E-state index contributed by atoms with van der Waals surface area (Å²) in [4.78, 5) is 24.2. The standard InChI is InChI=1S/C15H20N2O3S/c1-3-9-21-10-8-16-15(20)17(2)11-12-4-6-13(7-5-12)14(18)19/h3-7H,1,8-11H2,2H3,(H,16,20)(H,18,19). The van der Waals surface area contributed by atoms with E-state index in [0.29, 0.717) is 13.1 Å². The molecule has 0 heterocycles. The van der Waals surface area contributed by atoms with Crippen LogP contribution in [0.25, 0.3) is 0 Å². The maximum absolute atomic E-state index is 11.8. The maximum atomic E-state index is 11.8. The average Bonchev–Trinajstić information content (AvgIpc) is 2.47. The number of aromatic carboxylic acids is 1. The van der Waals surface area contributed by atoms with Crippen LogP contribution in [-0.4, -0.2) is 47.1 Å². The summed E-state index contributed by atoms with van der Waals surface area (Å²) in [5.74, 6) is 0.769. The lowest BCUT2D eigenvalue weighted by Gasteiger charge is -2.18. The van der Waals surface area contributed by atoms with Crippen molar-refractivity contribution >= 4 is 23.8 Å². The molecule has 6 heteroatoms. The molecule has 0 aromatic heterocycles. The number of carbonyl (C=O) groups excluding carboxylic acids is 1. The van der Waals surface area contributed by atoms with Crippen LogP contribution in [0.3, 0.4) is 0 Å². The number of nitrogens with zero attached hydrogens (tertiary/aromatic N) is 1. The molecule has 1 rings (SSSR count). The van der Waals surface area contributed by atoms with Gasteiger partial charge in [-0.3, -0.25) is 0 Å². The molecule has 2 amide bonds. The first-order valence-corrected chi connectivity index (χ1v) is 7.70. The van der Waals surface area contributed by atoms with E-state index in [1.165, 1.54) is 12.1 Å². The predicted molar refractivity (Wildman–Crippen MR) is 85.8 cm³/mol. The Morgan fingerprint density at radius 1 is 1.38 bits per heavy atom. The highest BCUT2D eigenvalue weighted by Crippen LogP contribution is 2.07. The molecule has 0 aliphatic heterocycles. The Bertz CT molecular complexity index is 488. The minimum Gasteiger partial charge on any atom is -0.478 e. The quantitative estimate of drug-likeness (QED) is 0.572. The van der Waals surface area contributed by atoms with Gasteiger partial charge in [0.1, 0.15) is 0 Å². The van der Waals surface area contributed by atoms with E-state index in [-0.39, 0.29) is 11.6 Å². The predicted octanol–water partition coefficient (Wildman–Crippen LogP) is 2.45. The Kier molecular flexibility index (Phi) is 7.39. The van der Waals surface area contributed by atoms with Crippen molar-refractivity contribution in [3.8, 4) is 0 Å². The van der Waals surface area contributed by atoms with Gasteiger partial charge in [0.05, 0.1) is 5.56 Å². The van der Waals surface area contributed by atoms with Gasteiger partial charge in [0.2, 0.25) is 0 Å². The number of benzene rings is 1. The molecule has 0 spiro atoms. The molecule has 0 fully saturated rings. The van der Waals surface area contributed by atoms with Gasteiger partial charge in [-0.1, -0.05) is 18.2 Å². The van der Waals surface area contributed by atoms with Crippen LogP contribution in [0.1, 0.15) is 15.9 Å². The van der Waals surface area contributed by atoms with Crippen molar-refractivity contribution in [2.24, 2.45) is 0 Å². The fourth-order valence-electron chi connectivity index (χ4n) is 1.63. The molecule has 0 bridgehead atoms. The van der Waals surface area contributed by atoms with Gasteiger partial charge >= 0.3 is 12.0 Å². The Labute approximate surface area is 129 Å². The third-order valence-electron chi connectivity index (χ3n) is 2.73. The average molecular weight is 308 g/mol. The molecule has 0 atom stereocenters. The van der Waals surface area contributed by atoms with Gasteiger partial charge in [-0.25, -0.2) is 9.59 Å². The third-order valence-corrected chi connectivity index (χ3v) is 3.69. The number of carboxylic acid groups (broad SMARTS) is 1. The summed E-state index contributed by atoms with van der Waals surface area (Å²) >= 11 is 1.71. The first-order valence-electron chi connectivity index (χ1n) is 6.54. The van der Waals surface area contributed by atoms with Crippen molar-refractivity contribution in [3.05, 3.63) is 48.0 Å². The van der Waals surface area contributed by atoms with Gasteiger partial charge in [0.25, 0.3) is 0 Å². The first-order chi connectivity index (χ1) is 10.0. The minimum atomic E-state index is -0.954. The SMILES string of the molecule is C=CCSCCNC(=O)N(C)Cc1ccc(C(=O)O)cc1. The molecule has 2 N–H and O–H groups in total. The zero-order valence-corrected chi connectivity index (χ0v) is 12.9. The number of thioether (sulfide) groups is 1. The number of nitrogens with one attached hydrogen (secondary N) is 1. The molecular weight excluding hydrogens is 288 g/mol. The Morgan fingerprint density at radius 2 is 2.05 bits per heavy atom. The summed E-state index contributed by atoms with van der Waals surface area (Å²) in [7, 11) is 1.71. The summed E-state index contributed by atoms with van der Waals surface area (Å²) < 4.78 is 0. The van der Waals surface area contributed by atoms with Gasteiger partial charge in [-0.05, 0) is 17.7 Å². The minimum absolute atomic E-state index is 0.142. The van der Waals surface area contributed by atoms with E-state index in [1.807, 2.05) is 6.08 Å². The molecule has 114 valence electrons. The highest BCUT2D eigenvalue weighted by molar-refractivity contribution is 7.99. The van der Waals surface area contributed by atoms with Gasteiger partial charge in [0, 0.05) is 31.6 Å². The molecule has 0 saturated heterocycles. The normalized spacial score (nSPS) is 9.95. The third kappa shape index (κ3) is 6.35. The number of rotatable bonds is 8. The number of amides is 2. The van der Waals surface area contributed by atoms with Gasteiger partial charge in [-0.15, -0.1) is 6.58 Å². The Hall–Kier alpha value is -1.95. The molecule has 1 aromatic carbocycles. The highest BCUT2D eigenvalue weighted by Gasteiger charge is 2.09. The lowest BCUT2D eigenvalue weighted by molar-refractivity contribution is 0.0697. The summed E-state index contributed by atoms with van der Waals surface area (Å²) in [6.07, 6.45) is 1.83. The largest absolute Gasteiger partial charge is 0.478 e. The van der Waals surface area contributed by atoms with Gasteiger partial charge in [0.15, 0.2) is 0 Å². The molecule has 0 radical (unpaired) electrons. The van der Waals surface area contributed by atoms with Gasteiger partial charge < -0.3 is 15.3 Å². The second kappa shape index (κ2) is 9.07. The number of carbonyl (C=O) groups is 2. The molecule has 5 nitrogen and oxygen atoms in total. The second-order valence-electron chi connectivity index (χ2n) is 4.45. The van der Waals surface area contributed by atoms with Crippen molar-refractivity contribution in [1.82, 2.24) is 10.2 Å². The summed E-state index contributed by atoms with van der Waals surface area (Å²) in [5, 5.41) is 11.7. The molecule has 0 saturated carbocycles. The van der Waals surface area contributed by atoms with Crippen molar-refractivity contribution in [2.45, 2.75) is 6.54 Å². The molecule has 1 aromatic rings. The van der Waals surface area contributed by atoms with Crippen LogP contribution in [0.5, 0.6) is 0 Å². The highest BCUT2D eigenvalue weighted by atomic mass is 32.2. The van der Waals surface area contributed by atoms with E-state index in [9.17, 15) is 9.59 Å². The van der Waals surface area contributed by atoms with Crippen LogP contribution in [0.4, 0.5) is 4.79 Å². The zero-order valence-electron chi connectivity index (χ0n) is 12.0. The number of carboxylic acids is 1. The van der Waals surface area contributed by atoms with Crippen molar-refractivity contribution < 1.29 is 14.7 Å². The van der Waals surface area contributed by atoms with Crippen molar-refractivity contribution in [2.75, 3.05) is 25.1 Å². The maximum Gasteiger partial charge on any atom is 0.335 e. The first kappa shape index (κ1) is 17.1. The van der Waals surface area contributed by atoms with E-state index >= 15 is 0 Å². The number of urea groups is 1. The van der Waals surface area contributed by atoms with E-state index in [4.69, 9.17) is 5.11 Å². The Morgan fingerprint density at radius 3 is 2.62 bits per heavy atom. The summed E-state index contributed by atoms with van der Waals surface area (Å²) in [6, 6.07) is 6.36. The van der Waals surface area contributed by atoms with Crippen LogP contribution in [-0.2, 0) is 6.54 Å².